The summed E-state index contributed by atoms with van der Waals surface area (Å²) in [7, 11) is 2.97. The molecule has 9 heteroatoms. The molecule has 1 heterocycles. The monoisotopic (exact) mass is 434 g/mol. The number of benzene rings is 2. The molecule has 7 nitrogen and oxygen atoms in total. The highest BCUT2D eigenvalue weighted by Gasteiger charge is 2.23. The minimum absolute atomic E-state index is 0.258. The molecular weight excluding hydrogens is 416 g/mol. The van der Waals surface area contributed by atoms with Crippen molar-refractivity contribution in [1.82, 2.24) is 4.57 Å². The van der Waals surface area contributed by atoms with Gasteiger partial charge >= 0.3 is 5.97 Å². The highest BCUT2D eigenvalue weighted by atomic mass is 35.5. The molecular formula is C20H19ClN2O5S. The van der Waals surface area contributed by atoms with Gasteiger partial charge in [-0.15, -0.1) is 0 Å². The molecule has 0 saturated heterocycles. The summed E-state index contributed by atoms with van der Waals surface area (Å²) in [6, 6.07) is 9.08. The first-order chi connectivity index (χ1) is 13.9. The molecule has 0 aliphatic carbocycles. The summed E-state index contributed by atoms with van der Waals surface area (Å²) in [5, 5.41) is 10.1. The van der Waals surface area contributed by atoms with Crippen LogP contribution in [-0.4, -0.2) is 35.8 Å². The normalized spacial score (nSPS) is 12.8. The number of amides is 1. The second-order valence-corrected chi connectivity index (χ2v) is 7.51. The van der Waals surface area contributed by atoms with Crippen LogP contribution in [0.15, 0.2) is 41.4 Å². The van der Waals surface area contributed by atoms with Gasteiger partial charge in [-0.3, -0.25) is 4.79 Å². The van der Waals surface area contributed by atoms with E-state index in [-0.39, 0.29) is 10.4 Å². The van der Waals surface area contributed by atoms with E-state index < -0.39 is 17.9 Å². The standard InChI is InChI=1S/C20H19ClN2O5S/c1-4-15(19(25)26)23-16-7-5-6-14(21)17(16)29-20(23)22-18(24)11-8-12(27-2)10-13(9-11)28-3/h5-10,15H,4H2,1-3H3,(H,25,26). The van der Waals surface area contributed by atoms with E-state index in [1.54, 1.807) is 47.9 Å². The molecule has 0 saturated carbocycles. The van der Waals surface area contributed by atoms with Gasteiger partial charge in [0.1, 0.15) is 17.5 Å². The molecule has 3 aromatic rings. The number of carbonyl (C=O) groups is 2. The van der Waals surface area contributed by atoms with Gasteiger partial charge in [0, 0.05) is 11.6 Å². The fourth-order valence-corrected chi connectivity index (χ4v) is 4.32. The maximum Gasteiger partial charge on any atom is 0.326 e. The second kappa shape index (κ2) is 8.67. The van der Waals surface area contributed by atoms with Crippen molar-refractivity contribution in [2.24, 2.45) is 4.99 Å². The molecule has 3 rings (SSSR count). The van der Waals surface area contributed by atoms with Gasteiger partial charge < -0.3 is 19.1 Å². The molecule has 0 fully saturated rings. The van der Waals surface area contributed by atoms with E-state index in [4.69, 9.17) is 21.1 Å². The third-order valence-electron chi connectivity index (χ3n) is 4.38. The van der Waals surface area contributed by atoms with Gasteiger partial charge in [-0.25, -0.2) is 4.79 Å². The number of ether oxygens (including phenoxy) is 2. The Hall–Kier alpha value is -2.84. The molecule has 1 aromatic heterocycles. The quantitative estimate of drug-likeness (QED) is 0.629. The Morgan fingerprint density at radius 2 is 1.86 bits per heavy atom. The van der Waals surface area contributed by atoms with Gasteiger partial charge in [0.15, 0.2) is 4.80 Å². The van der Waals surface area contributed by atoms with E-state index in [9.17, 15) is 14.7 Å². The maximum atomic E-state index is 12.9. The zero-order valence-electron chi connectivity index (χ0n) is 16.0. The predicted octanol–water partition coefficient (Wildman–Crippen LogP) is 4.15. The third-order valence-corrected chi connectivity index (χ3v) is 5.91. The number of rotatable bonds is 6. The van der Waals surface area contributed by atoms with Crippen LogP contribution in [0.25, 0.3) is 10.2 Å². The fraction of sp³-hybridized carbons (Fsp3) is 0.250. The summed E-state index contributed by atoms with van der Waals surface area (Å²) >= 11 is 7.46. The summed E-state index contributed by atoms with van der Waals surface area (Å²) < 4.78 is 12.6. The zero-order valence-corrected chi connectivity index (χ0v) is 17.6. The van der Waals surface area contributed by atoms with E-state index in [0.717, 1.165) is 0 Å². The maximum absolute atomic E-state index is 12.9. The van der Waals surface area contributed by atoms with Gasteiger partial charge in [0.2, 0.25) is 0 Å². The van der Waals surface area contributed by atoms with Crippen molar-refractivity contribution in [1.29, 1.82) is 0 Å². The second-order valence-electron chi connectivity index (χ2n) is 6.12. The topological polar surface area (TPSA) is 90.1 Å². The van der Waals surface area contributed by atoms with E-state index in [0.29, 0.717) is 33.2 Å². The number of halogens is 1. The van der Waals surface area contributed by atoms with Gasteiger partial charge in [-0.1, -0.05) is 35.9 Å². The largest absolute Gasteiger partial charge is 0.497 e. The first kappa shape index (κ1) is 20.9. The lowest BCUT2D eigenvalue weighted by molar-refractivity contribution is -0.140. The molecule has 1 atom stereocenters. The van der Waals surface area contributed by atoms with Crippen molar-refractivity contribution >= 4 is 45.0 Å². The molecule has 29 heavy (non-hydrogen) atoms. The van der Waals surface area contributed by atoms with E-state index >= 15 is 0 Å². The zero-order chi connectivity index (χ0) is 21.1. The molecule has 0 aliphatic heterocycles. The first-order valence-corrected chi connectivity index (χ1v) is 9.93. The Kier molecular flexibility index (Phi) is 6.24. The van der Waals surface area contributed by atoms with Crippen LogP contribution in [0.5, 0.6) is 11.5 Å². The fourth-order valence-electron chi connectivity index (χ4n) is 2.96. The third kappa shape index (κ3) is 4.13. The molecule has 0 radical (unpaired) electrons. The number of carboxylic acids is 1. The number of carboxylic acid groups (broad SMARTS) is 1. The molecule has 0 spiro atoms. The van der Waals surface area contributed by atoms with Crippen LogP contribution >= 0.6 is 22.9 Å². The number of thiazole rings is 1. The molecule has 0 bridgehead atoms. The Labute approximate surface area is 175 Å². The summed E-state index contributed by atoms with van der Waals surface area (Å²) in [4.78, 5) is 29.2. The van der Waals surface area contributed by atoms with Crippen LogP contribution in [0.3, 0.4) is 0 Å². The van der Waals surface area contributed by atoms with Crippen molar-refractivity contribution in [3.05, 3.63) is 51.8 Å². The molecule has 2 aromatic carbocycles. The Balaban J connectivity index is 2.23. The number of fused-ring (bicyclic) bond motifs is 1. The number of methoxy groups -OCH3 is 2. The summed E-state index contributed by atoms with van der Waals surface area (Å²) in [5.74, 6) is -0.651. The van der Waals surface area contributed by atoms with Crippen LogP contribution in [-0.2, 0) is 4.79 Å². The minimum atomic E-state index is -1.01. The molecule has 1 N–H and O–H groups in total. The number of hydrogen-bond donors (Lipinski definition) is 1. The summed E-state index contributed by atoms with van der Waals surface area (Å²) in [6.45, 7) is 1.76. The number of aromatic nitrogens is 1. The SMILES string of the molecule is CCC(C(=O)O)n1c(=NC(=O)c2cc(OC)cc(OC)c2)sc2c(Cl)cccc21. The summed E-state index contributed by atoms with van der Waals surface area (Å²) in [5.41, 5.74) is 0.881. The van der Waals surface area contributed by atoms with Crippen LogP contribution in [0.1, 0.15) is 29.7 Å². The van der Waals surface area contributed by atoms with E-state index in [1.165, 1.54) is 25.6 Å². The van der Waals surface area contributed by atoms with E-state index in [1.807, 2.05) is 0 Å². The number of aliphatic carboxylic acids is 1. The smallest absolute Gasteiger partial charge is 0.326 e. The highest BCUT2D eigenvalue weighted by Crippen LogP contribution is 2.29. The lowest BCUT2D eigenvalue weighted by atomic mass is 10.2. The minimum Gasteiger partial charge on any atom is -0.497 e. The van der Waals surface area contributed by atoms with Crippen molar-refractivity contribution < 1.29 is 24.2 Å². The van der Waals surface area contributed by atoms with Crippen molar-refractivity contribution in [3.63, 3.8) is 0 Å². The van der Waals surface area contributed by atoms with Crippen LogP contribution < -0.4 is 14.3 Å². The van der Waals surface area contributed by atoms with Crippen LogP contribution in [0.4, 0.5) is 0 Å². The van der Waals surface area contributed by atoms with Crippen molar-refractivity contribution in [2.45, 2.75) is 19.4 Å². The number of hydrogen-bond acceptors (Lipinski definition) is 5. The average Bonchev–Trinajstić information content (AvgIpc) is 3.07. The number of nitrogens with zero attached hydrogens (tertiary/aromatic N) is 2. The van der Waals surface area contributed by atoms with Gasteiger partial charge in [0.05, 0.1) is 29.5 Å². The summed E-state index contributed by atoms with van der Waals surface area (Å²) in [6.07, 6.45) is 0.321. The molecule has 0 aliphatic rings. The lowest BCUT2D eigenvalue weighted by Gasteiger charge is -2.13. The average molecular weight is 435 g/mol. The Bertz CT molecular complexity index is 1130. The Morgan fingerprint density at radius 3 is 2.41 bits per heavy atom. The Morgan fingerprint density at radius 1 is 1.21 bits per heavy atom. The molecule has 152 valence electrons. The van der Waals surface area contributed by atoms with Gasteiger partial charge in [-0.2, -0.15) is 4.99 Å². The van der Waals surface area contributed by atoms with Gasteiger partial charge in [0.25, 0.3) is 5.91 Å². The highest BCUT2D eigenvalue weighted by molar-refractivity contribution is 7.17. The molecule has 1 unspecified atom stereocenters. The lowest BCUT2D eigenvalue weighted by Crippen LogP contribution is -2.27. The first-order valence-electron chi connectivity index (χ1n) is 8.74. The molecule has 1 amide bonds. The van der Waals surface area contributed by atoms with Gasteiger partial charge in [-0.05, 0) is 30.7 Å². The van der Waals surface area contributed by atoms with Crippen LogP contribution in [0.2, 0.25) is 5.02 Å². The van der Waals surface area contributed by atoms with E-state index in [2.05, 4.69) is 4.99 Å². The predicted molar refractivity (Wildman–Crippen MR) is 111 cm³/mol. The van der Waals surface area contributed by atoms with Crippen LogP contribution in [0, 0.1) is 0 Å². The van der Waals surface area contributed by atoms with Crippen molar-refractivity contribution in [3.8, 4) is 11.5 Å². The van der Waals surface area contributed by atoms with Crippen molar-refractivity contribution in [2.75, 3.05) is 14.2 Å². The number of carbonyl (C=O) groups excluding carboxylic acids is 1.